The van der Waals surface area contributed by atoms with Crippen LogP contribution in [0.25, 0.3) is 0 Å². The van der Waals surface area contributed by atoms with Gasteiger partial charge < -0.3 is 15.5 Å². The predicted molar refractivity (Wildman–Crippen MR) is 86.4 cm³/mol. The van der Waals surface area contributed by atoms with E-state index in [0.717, 1.165) is 44.6 Å². The summed E-state index contributed by atoms with van der Waals surface area (Å²) in [5.41, 5.74) is 0.927. The zero-order valence-corrected chi connectivity index (χ0v) is 13.3. The Balaban J connectivity index is 0.00000180. The molecular formula is C14H24Cl2N2O2. The van der Waals surface area contributed by atoms with E-state index >= 15 is 0 Å². The first kappa shape index (κ1) is 19.3. The van der Waals surface area contributed by atoms with Crippen LogP contribution in [-0.4, -0.2) is 41.3 Å². The minimum atomic E-state index is 0. The quantitative estimate of drug-likeness (QED) is 0.797. The third kappa shape index (κ3) is 4.70. The highest BCUT2D eigenvalue weighted by molar-refractivity contribution is 5.85. The lowest BCUT2D eigenvalue weighted by molar-refractivity contribution is 0.162. The Morgan fingerprint density at radius 3 is 2.40 bits per heavy atom. The van der Waals surface area contributed by atoms with Gasteiger partial charge in [-0.15, -0.1) is 24.8 Å². The van der Waals surface area contributed by atoms with Crippen molar-refractivity contribution in [3.8, 4) is 11.5 Å². The second-order valence-corrected chi connectivity index (χ2v) is 4.83. The summed E-state index contributed by atoms with van der Waals surface area (Å²) in [5, 5.41) is 22.7. The fraction of sp³-hybridized carbons (Fsp3) is 0.571. The van der Waals surface area contributed by atoms with E-state index in [9.17, 15) is 10.2 Å². The topological polar surface area (TPSA) is 55.7 Å². The molecule has 1 aliphatic rings. The molecule has 0 aromatic heterocycles. The van der Waals surface area contributed by atoms with E-state index < -0.39 is 0 Å². The maximum Gasteiger partial charge on any atom is 0.124 e. The van der Waals surface area contributed by atoms with Gasteiger partial charge in [0.15, 0.2) is 0 Å². The van der Waals surface area contributed by atoms with Crippen LogP contribution < -0.4 is 5.32 Å². The minimum Gasteiger partial charge on any atom is -0.508 e. The molecule has 0 saturated carbocycles. The standard InChI is InChI=1S/C14H22N2O2.2ClH/c1-2-3-13(16-8-6-15-7-9-16)12-5-4-11(17)10-14(12)18;;/h4-5,10,13,15,17-18H,2-3,6-9H2,1H3;2*1H/t13-;;/m0../s1. The Labute approximate surface area is 133 Å². The van der Waals surface area contributed by atoms with Crippen molar-refractivity contribution in [3.63, 3.8) is 0 Å². The van der Waals surface area contributed by atoms with Gasteiger partial charge in [-0.1, -0.05) is 19.4 Å². The van der Waals surface area contributed by atoms with E-state index in [1.54, 1.807) is 6.07 Å². The lowest BCUT2D eigenvalue weighted by Gasteiger charge is -2.35. The smallest absolute Gasteiger partial charge is 0.124 e. The Bertz CT molecular complexity index is 399. The number of halogens is 2. The number of nitrogens with zero attached hydrogens (tertiary/aromatic N) is 1. The number of rotatable bonds is 4. The van der Waals surface area contributed by atoms with Crippen LogP contribution in [0.5, 0.6) is 11.5 Å². The second-order valence-electron chi connectivity index (χ2n) is 4.83. The van der Waals surface area contributed by atoms with Crippen LogP contribution >= 0.6 is 24.8 Å². The maximum absolute atomic E-state index is 10.0. The summed E-state index contributed by atoms with van der Waals surface area (Å²) in [6.07, 6.45) is 2.10. The number of hydrogen-bond donors (Lipinski definition) is 3. The number of nitrogens with one attached hydrogen (secondary N) is 1. The summed E-state index contributed by atoms with van der Waals surface area (Å²) >= 11 is 0. The molecule has 1 heterocycles. The van der Waals surface area contributed by atoms with Gasteiger partial charge in [-0.05, 0) is 12.5 Å². The molecule has 0 bridgehead atoms. The van der Waals surface area contributed by atoms with E-state index in [-0.39, 0.29) is 42.4 Å². The van der Waals surface area contributed by atoms with Crippen molar-refractivity contribution in [1.82, 2.24) is 10.2 Å². The van der Waals surface area contributed by atoms with Gasteiger partial charge >= 0.3 is 0 Å². The van der Waals surface area contributed by atoms with Gasteiger partial charge in [0.05, 0.1) is 0 Å². The van der Waals surface area contributed by atoms with Gasteiger partial charge in [0, 0.05) is 43.9 Å². The number of aromatic hydroxyl groups is 2. The van der Waals surface area contributed by atoms with E-state index in [4.69, 9.17) is 0 Å². The molecule has 6 heteroatoms. The number of hydrogen-bond acceptors (Lipinski definition) is 4. The summed E-state index contributed by atoms with van der Waals surface area (Å²) in [6.45, 7) is 6.17. The number of piperazine rings is 1. The molecule has 1 aromatic carbocycles. The summed E-state index contributed by atoms with van der Waals surface area (Å²) < 4.78 is 0. The van der Waals surface area contributed by atoms with E-state index in [1.807, 2.05) is 6.07 Å². The van der Waals surface area contributed by atoms with E-state index in [1.165, 1.54) is 6.07 Å². The monoisotopic (exact) mass is 322 g/mol. The van der Waals surface area contributed by atoms with Gasteiger partial charge in [-0.3, -0.25) is 4.90 Å². The fourth-order valence-electron chi connectivity index (χ4n) is 2.62. The van der Waals surface area contributed by atoms with Crippen molar-refractivity contribution in [1.29, 1.82) is 0 Å². The van der Waals surface area contributed by atoms with Gasteiger partial charge in [0.25, 0.3) is 0 Å². The third-order valence-electron chi connectivity index (χ3n) is 3.53. The van der Waals surface area contributed by atoms with Crippen molar-refractivity contribution < 1.29 is 10.2 Å². The molecule has 2 rings (SSSR count). The van der Waals surface area contributed by atoms with Crippen LogP contribution in [0, 0.1) is 0 Å². The van der Waals surface area contributed by atoms with Gasteiger partial charge in [0.1, 0.15) is 11.5 Å². The highest BCUT2D eigenvalue weighted by Crippen LogP contribution is 2.34. The predicted octanol–water partition coefficient (Wildman–Crippen LogP) is 2.69. The zero-order chi connectivity index (χ0) is 13.0. The molecule has 1 fully saturated rings. The van der Waals surface area contributed by atoms with Crippen molar-refractivity contribution in [2.75, 3.05) is 26.2 Å². The lowest BCUT2D eigenvalue weighted by atomic mass is 9.98. The molecule has 0 radical (unpaired) electrons. The van der Waals surface area contributed by atoms with Crippen molar-refractivity contribution in [2.24, 2.45) is 0 Å². The largest absolute Gasteiger partial charge is 0.508 e. The highest BCUT2D eigenvalue weighted by atomic mass is 35.5. The van der Waals surface area contributed by atoms with Crippen LogP contribution in [0.4, 0.5) is 0 Å². The molecule has 1 saturated heterocycles. The zero-order valence-electron chi connectivity index (χ0n) is 11.7. The molecule has 0 amide bonds. The fourth-order valence-corrected chi connectivity index (χ4v) is 2.62. The van der Waals surface area contributed by atoms with E-state index in [0.29, 0.717) is 0 Å². The second kappa shape index (κ2) is 9.29. The van der Waals surface area contributed by atoms with Gasteiger partial charge in [-0.25, -0.2) is 0 Å². The van der Waals surface area contributed by atoms with Crippen LogP contribution in [0.2, 0.25) is 0 Å². The normalized spacial score (nSPS) is 16.9. The number of benzene rings is 1. The summed E-state index contributed by atoms with van der Waals surface area (Å²) in [5.74, 6) is 0.318. The average molecular weight is 323 g/mol. The van der Waals surface area contributed by atoms with E-state index in [2.05, 4.69) is 17.1 Å². The first-order chi connectivity index (χ1) is 8.72. The van der Waals surface area contributed by atoms with Crippen molar-refractivity contribution >= 4 is 24.8 Å². The van der Waals surface area contributed by atoms with Gasteiger partial charge in [0.2, 0.25) is 0 Å². The Morgan fingerprint density at radius 2 is 1.85 bits per heavy atom. The van der Waals surface area contributed by atoms with Crippen LogP contribution in [0.1, 0.15) is 31.4 Å². The molecule has 0 unspecified atom stereocenters. The van der Waals surface area contributed by atoms with Crippen molar-refractivity contribution in [3.05, 3.63) is 23.8 Å². The Hall–Kier alpha value is -0.680. The first-order valence-electron chi connectivity index (χ1n) is 6.69. The molecule has 4 nitrogen and oxygen atoms in total. The SMILES string of the molecule is CCC[C@@H](c1ccc(O)cc1O)N1CCNCC1.Cl.Cl. The molecule has 1 aromatic rings. The van der Waals surface area contributed by atoms with Gasteiger partial charge in [-0.2, -0.15) is 0 Å². The maximum atomic E-state index is 10.0. The molecule has 0 aliphatic carbocycles. The third-order valence-corrected chi connectivity index (χ3v) is 3.53. The number of phenolic OH excluding ortho intramolecular Hbond substituents is 2. The Kier molecular flexibility index (Phi) is 8.98. The molecule has 0 spiro atoms. The molecule has 116 valence electrons. The molecule has 1 aliphatic heterocycles. The van der Waals surface area contributed by atoms with Crippen LogP contribution in [0.3, 0.4) is 0 Å². The first-order valence-corrected chi connectivity index (χ1v) is 6.69. The summed E-state index contributed by atoms with van der Waals surface area (Å²) in [6, 6.07) is 5.17. The molecular weight excluding hydrogens is 299 g/mol. The average Bonchev–Trinajstić information content (AvgIpc) is 2.38. The van der Waals surface area contributed by atoms with Crippen LogP contribution in [0.15, 0.2) is 18.2 Å². The van der Waals surface area contributed by atoms with Crippen LogP contribution in [-0.2, 0) is 0 Å². The molecule has 1 atom stereocenters. The molecule has 20 heavy (non-hydrogen) atoms. The minimum absolute atomic E-state index is 0. The summed E-state index contributed by atoms with van der Waals surface area (Å²) in [7, 11) is 0. The summed E-state index contributed by atoms with van der Waals surface area (Å²) in [4.78, 5) is 2.41. The Morgan fingerprint density at radius 1 is 1.20 bits per heavy atom. The molecule has 3 N–H and O–H groups in total. The number of phenols is 2. The van der Waals surface area contributed by atoms with Crippen molar-refractivity contribution in [2.45, 2.75) is 25.8 Å². The highest BCUT2D eigenvalue weighted by Gasteiger charge is 2.23. The lowest BCUT2D eigenvalue weighted by Crippen LogP contribution is -2.45.